The van der Waals surface area contributed by atoms with Gasteiger partial charge in [-0.3, -0.25) is 20.3 Å². The molecule has 1 amide bonds. The molecule has 2 saturated heterocycles. The van der Waals surface area contributed by atoms with Crippen LogP contribution in [0.25, 0.3) is 0 Å². The second-order valence-electron chi connectivity index (χ2n) is 14.2. The normalized spacial score (nSPS) is 36.0. The van der Waals surface area contributed by atoms with E-state index < -0.39 is 10.7 Å². The Bertz CT molecular complexity index is 1480. The Labute approximate surface area is 253 Å². The zero-order valence-corrected chi connectivity index (χ0v) is 25.5. The maximum absolute atomic E-state index is 14.1. The number of non-ortho nitro benzene ring substituents is 1. The van der Waals surface area contributed by atoms with Crippen molar-refractivity contribution in [2.75, 3.05) is 16.9 Å². The summed E-state index contributed by atoms with van der Waals surface area (Å²) in [6.45, 7) is 14.1. The number of hydrogen-bond acceptors (Lipinski definition) is 7. The van der Waals surface area contributed by atoms with Gasteiger partial charge in [0.25, 0.3) is 11.6 Å². The molecule has 9 nitrogen and oxygen atoms in total. The number of carbonyl (C=O) groups excluding carboxylic acids is 1. The number of amides is 1. The average Bonchev–Trinajstić information content (AvgIpc) is 3.46. The molecule has 2 aromatic carbocycles. The van der Waals surface area contributed by atoms with Crippen LogP contribution in [0, 0.1) is 32.8 Å². The molecule has 43 heavy (non-hydrogen) atoms. The first-order chi connectivity index (χ1) is 20.4. The van der Waals surface area contributed by atoms with Crippen molar-refractivity contribution in [1.29, 1.82) is 0 Å². The molecule has 0 radical (unpaired) electrons. The number of nitrogens with one attached hydrogen (secondary N) is 1. The highest BCUT2D eigenvalue weighted by Crippen LogP contribution is 2.64. The number of benzene rings is 2. The van der Waals surface area contributed by atoms with Crippen LogP contribution in [0.2, 0.25) is 0 Å². The number of hydrazine groups is 1. The van der Waals surface area contributed by atoms with Gasteiger partial charge in [0.15, 0.2) is 5.79 Å². The highest BCUT2D eigenvalue weighted by molar-refractivity contribution is 5.93. The molecule has 2 aromatic rings. The first-order valence-electron chi connectivity index (χ1n) is 15.6. The van der Waals surface area contributed by atoms with Crippen molar-refractivity contribution in [3.8, 4) is 0 Å². The predicted octanol–water partition coefficient (Wildman–Crippen LogP) is 6.45. The number of allylic oxidation sites excluding steroid dienone is 1. The molecular weight excluding hydrogens is 544 g/mol. The quantitative estimate of drug-likeness (QED) is 0.244. The van der Waals surface area contributed by atoms with Crippen molar-refractivity contribution in [2.24, 2.45) is 22.7 Å². The molecule has 1 unspecified atom stereocenters. The molecule has 7 rings (SSSR count). The van der Waals surface area contributed by atoms with E-state index in [0.29, 0.717) is 24.6 Å². The van der Waals surface area contributed by atoms with Gasteiger partial charge in [-0.2, -0.15) is 0 Å². The fraction of sp³-hybridized carbons (Fsp3) is 0.559. The Hall–Kier alpha value is -3.43. The van der Waals surface area contributed by atoms with E-state index in [1.165, 1.54) is 23.3 Å². The Balaban J connectivity index is 1.23. The van der Waals surface area contributed by atoms with Crippen LogP contribution in [-0.2, 0) is 20.7 Å². The summed E-state index contributed by atoms with van der Waals surface area (Å²) in [4.78, 5) is 27.2. The molecule has 4 fully saturated rings. The van der Waals surface area contributed by atoms with Crippen LogP contribution in [0.15, 0.2) is 60.7 Å². The van der Waals surface area contributed by atoms with Gasteiger partial charge in [-0.05, 0) is 87.0 Å². The van der Waals surface area contributed by atoms with Crippen molar-refractivity contribution in [3.05, 3.63) is 76.4 Å². The number of nitro groups is 1. The summed E-state index contributed by atoms with van der Waals surface area (Å²) in [5.74, 6) is 0.0569. The highest BCUT2D eigenvalue weighted by Gasteiger charge is 2.62. The Morgan fingerprint density at radius 3 is 2.56 bits per heavy atom. The molecule has 0 bridgehead atoms. The van der Waals surface area contributed by atoms with Crippen LogP contribution in [0.4, 0.5) is 17.1 Å². The lowest BCUT2D eigenvalue weighted by Gasteiger charge is -2.63. The fourth-order valence-corrected chi connectivity index (χ4v) is 9.27. The van der Waals surface area contributed by atoms with Gasteiger partial charge in [0.1, 0.15) is 12.2 Å². The highest BCUT2D eigenvalue weighted by atomic mass is 16.7. The van der Waals surface area contributed by atoms with Crippen LogP contribution in [0.3, 0.4) is 0 Å². The van der Waals surface area contributed by atoms with Crippen LogP contribution in [-0.4, -0.2) is 46.5 Å². The second-order valence-corrected chi connectivity index (χ2v) is 14.2. The Morgan fingerprint density at radius 1 is 1.07 bits per heavy atom. The zero-order valence-electron chi connectivity index (χ0n) is 25.5. The molecular formula is C34H42N4O5. The summed E-state index contributed by atoms with van der Waals surface area (Å²) in [7, 11) is 0. The van der Waals surface area contributed by atoms with Crippen LogP contribution in [0.1, 0.15) is 65.4 Å². The standard InChI is InChI=1S/C34H42N4O5/c1-21-10-15-28-33(4,17-16-29-34(28,5)20-42-32(2,3)43-29)25(21)19-30-36-26-9-7-6-8-22(26)18-27(36)31(39)37(30)35-23-11-13-24(14-12-23)38(40)41/h6-9,11-14,25,27-30,35H,1,10,15-20H2,2-5H3/t25?,27-,28-,29+,30+,33-,34-/m0/s1. The number of rotatable bonds is 5. The minimum Gasteiger partial charge on any atom is -0.350 e. The van der Waals surface area contributed by atoms with E-state index in [4.69, 9.17) is 9.47 Å². The molecule has 0 aromatic heterocycles. The molecule has 9 heteroatoms. The average molecular weight is 587 g/mol. The lowest BCUT2D eigenvalue weighted by Crippen LogP contribution is -2.63. The van der Waals surface area contributed by atoms with Gasteiger partial charge >= 0.3 is 0 Å². The third-order valence-electron chi connectivity index (χ3n) is 11.4. The molecule has 0 spiro atoms. The third-order valence-corrected chi connectivity index (χ3v) is 11.4. The minimum atomic E-state index is -0.567. The second kappa shape index (κ2) is 9.79. The summed E-state index contributed by atoms with van der Waals surface area (Å²) >= 11 is 0. The van der Waals surface area contributed by atoms with Crippen molar-refractivity contribution >= 4 is 23.0 Å². The molecule has 228 valence electrons. The number of anilines is 2. The SMILES string of the molecule is C=C1CC[C@@H]2[C@]3(C)COC(C)(C)O[C@@H]3CC[C@@]2(C)C1C[C@H]1N(Nc2ccc([N+](=O)[O-])cc2)C(=O)[C@@H]2Cc3ccccc3N21. The third kappa shape index (κ3) is 4.38. The number of para-hydroxylation sites is 1. The van der Waals surface area contributed by atoms with Crippen molar-refractivity contribution in [3.63, 3.8) is 0 Å². The number of nitro benzene ring substituents is 1. The van der Waals surface area contributed by atoms with Crippen molar-refractivity contribution < 1.29 is 19.2 Å². The summed E-state index contributed by atoms with van der Waals surface area (Å²) in [6, 6.07) is 14.3. The molecule has 1 N–H and O–H groups in total. The number of nitrogens with zero attached hydrogens (tertiary/aromatic N) is 3. The first kappa shape index (κ1) is 28.3. The summed E-state index contributed by atoms with van der Waals surface area (Å²) in [5, 5.41) is 13.0. The molecule has 2 saturated carbocycles. The van der Waals surface area contributed by atoms with E-state index in [9.17, 15) is 14.9 Å². The van der Waals surface area contributed by atoms with E-state index in [1.54, 1.807) is 17.1 Å². The Morgan fingerprint density at radius 2 is 1.81 bits per heavy atom. The van der Waals surface area contributed by atoms with E-state index in [1.807, 2.05) is 26.0 Å². The van der Waals surface area contributed by atoms with Crippen LogP contribution in [0.5, 0.6) is 0 Å². The van der Waals surface area contributed by atoms with Gasteiger partial charge in [-0.15, -0.1) is 0 Å². The summed E-state index contributed by atoms with van der Waals surface area (Å²) in [5.41, 5.74) is 7.49. The zero-order chi connectivity index (χ0) is 30.3. The predicted molar refractivity (Wildman–Crippen MR) is 164 cm³/mol. The van der Waals surface area contributed by atoms with Crippen LogP contribution >= 0.6 is 0 Å². The topological polar surface area (TPSA) is 97.2 Å². The van der Waals surface area contributed by atoms with Gasteiger partial charge in [0, 0.05) is 29.7 Å². The monoisotopic (exact) mass is 586 g/mol. The summed E-state index contributed by atoms with van der Waals surface area (Å²) < 4.78 is 12.8. The molecule has 5 aliphatic rings. The number of fused-ring (bicyclic) bond motifs is 6. The maximum atomic E-state index is 14.1. The van der Waals surface area contributed by atoms with Crippen LogP contribution < -0.4 is 10.3 Å². The number of carbonyl (C=O) groups is 1. The van der Waals surface area contributed by atoms with E-state index >= 15 is 0 Å². The molecule has 3 heterocycles. The van der Waals surface area contributed by atoms with Gasteiger partial charge in [-0.25, -0.2) is 5.01 Å². The molecule has 3 aliphatic heterocycles. The van der Waals surface area contributed by atoms with E-state index in [0.717, 1.165) is 37.8 Å². The number of ether oxygens (including phenoxy) is 2. The smallest absolute Gasteiger partial charge is 0.269 e. The first-order valence-corrected chi connectivity index (χ1v) is 15.6. The van der Waals surface area contributed by atoms with E-state index in [-0.39, 0.29) is 46.7 Å². The Kier molecular flexibility index (Phi) is 6.45. The summed E-state index contributed by atoms with van der Waals surface area (Å²) in [6.07, 6.45) is 5.36. The lowest BCUT2D eigenvalue weighted by molar-refractivity contribution is -0.384. The van der Waals surface area contributed by atoms with Gasteiger partial charge in [-0.1, -0.05) is 44.2 Å². The van der Waals surface area contributed by atoms with Gasteiger partial charge in [0.2, 0.25) is 0 Å². The number of hydrogen-bond donors (Lipinski definition) is 1. The molecule has 7 atom stereocenters. The van der Waals surface area contributed by atoms with E-state index in [2.05, 4.69) is 42.9 Å². The van der Waals surface area contributed by atoms with Gasteiger partial charge in [0.05, 0.1) is 23.3 Å². The van der Waals surface area contributed by atoms with Crippen molar-refractivity contribution in [1.82, 2.24) is 5.01 Å². The molecule has 2 aliphatic carbocycles. The fourth-order valence-electron chi connectivity index (χ4n) is 9.27. The lowest BCUT2D eigenvalue weighted by atomic mass is 9.46. The van der Waals surface area contributed by atoms with Gasteiger partial charge < -0.3 is 14.4 Å². The maximum Gasteiger partial charge on any atom is 0.269 e. The largest absolute Gasteiger partial charge is 0.350 e. The van der Waals surface area contributed by atoms with Crippen molar-refractivity contribution in [2.45, 2.75) is 90.3 Å². The minimum absolute atomic E-state index is 0.0185.